The minimum Gasteiger partial charge on any atom is -0.321 e. The van der Waals surface area contributed by atoms with Crippen LogP contribution in [0.2, 0.25) is 0 Å². The highest BCUT2D eigenvalue weighted by molar-refractivity contribution is 5.94. The Morgan fingerprint density at radius 3 is 2.65 bits per heavy atom. The van der Waals surface area contributed by atoms with E-state index >= 15 is 0 Å². The maximum absolute atomic E-state index is 12.6. The van der Waals surface area contributed by atoms with Crippen molar-refractivity contribution in [3.05, 3.63) is 64.5 Å². The van der Waals surface area contributed by atoms with Gasteiger partial charge in [0.1, 0.15) is 12.4 Å². The van der Waals surface area contributed by atoms with Gasteiger partial charge < -0.3 is 5.32 Å². The molecule has 130 valence electrons. The third kappa shape index (κ3) is 2.71. The van der Waals surface area contributed by atoms with Gasteiger partial charge in [0.2, 0.25) is 5.91 Å². The van der Waals surface area contributed by atoms with Crippen LogP contribution in [0.3, 0.4) is 0 Å². The molecule has 0 saturated carbocycles. The molecule has 0 unspecified atom stereocenters. The van der Waals surface area contributed by atoms with Crippen LogP contribution in [-0.4, -0.2) is 30.3 Å². The van der Waals surface area contributed by atoms with Crippen LogP contribution in [0.5, 0.6) is 0 Å². The third-order valence-electron chi connectivity index (χ3n) is 4.09. The van der Waals surface area contributed by atoms with E-state index in [9.17, 15) is 9.59 Å². The van der Waals surface area contributed by atoms with E-state index < -0.39 is 0 Å². The molecule has 4 rings (SSSR count). The lowest BCUT2D eigenvalue weighted by Crippen LogP contribution is -2.30. The molecular weight excluding hydrogens is 332 g/mol. The summed E-state index contributed by atoms with van der Waals surface area (Å²) in [5.41, 5.74) is 1.48. The average Bonchev–Trinajstić information content (AvgIpc) is 3.01. The number of carbonyl (C=O) groups is 1. The first-order valence-corrected chi connectivity index (χ1v) is 8.11. The second-order valence-corrected chi connectivity index (χ2v) is 5.99. The van der Waals surface area contributed by atoms with Gasteiger partial charge in [-0.25, -0.2) is 14.2 Å². The van der Waals surface area contributed by atoms with Crippen molar-refractivity contribution in [3.8, 4) is 0 Å². The number of anilines is 1. The molecule has 3 aromatic heterocycles. The number of hydrogen-bond donors (Lipinski definition) is 1. The zero-order valence-corrected chi connectivity index (χ0v) is 14.3. The summed E-state index contributed by atoms with van der Waals surface area (Å²) in [4.78, 5) is 29.3. The van der Waals surface area contributed by atoms with Crippen molar-refractivity contribution in [2.75, 3.05) is 5.32 Å². The van der Waals surface area contributed by atoms with Crippen LogP contribution in [-0.2, 0) is 11.3 Å². The Kier molecular flexibility index (Phi) is 3.72. The number of aryl methyl sites for hydroxylation is 2. The van der Waals surface area contributed by atoms with Gasteiger partial charge in [0.15, 0.2) is 5.65 Å². The fourth-order valence-electron chi connectivity index (χ4n) is 2.95. The van der Waals surface area contributed by atoms with E-state index in [-0.39, 0.29) is 18.0 Å². The molecule has 26 heavy (non-hydrogen) atoms. The van der Waals surface area contributed by atoms with Crippen LogP contribution in [0.4, 0.5) is 5.69 Å². The molecule has 0 spiro atoms. The van der Waals surface area contributed by atoms with E-state index in [1.165, 1.54) is 4.68 Å². The fraction of sp³-hybridized carbons (Fsp3) is 0.167. The van der Waals surface area contributed by atoms with Crippen molar-refractivity contribution in [1.82, 2.24) is 24.4 Å². The molecule has 3 heterocycles. The molecule has 0 radical (unpaired) electrons. The predicted octanol–water partition coefficient (Wildman–Crippen LogP) is 1.69. The Morgan fingerprint density at radius 2 is 1.85 bits per heavy atom. The summed E-state index contributed by atoms with van der Waals surface area (Å²) >= 11 is 0. The number of nitrogens with one attached hydrogen (secondary N) is 1. The summed E-state index contributed by atoms with van der Waals surface area (Å²) in [5, 5.41) is 12.6. The number of pyridine rings is 1. The van der Waals surface area contributed by atoms with E-state index in [1.807, 2.05) is 19.1 Å². The molecule has 1 amide bonds. The number of carbonyl (C=O) groups excluding carboxylic acids is 1. The molecule has 4 aromatic rings. The maximum atomic E-state index is 12.6. The number of benzene rings is 1. The quantitative estimate of drug-likeness (QED) is 0.608. The molecular formula is C18H16N6O2. The summed E-state index contributed by atoms with van der Waals surface area (Å²) in [7, 11) is 0. The molecule has 0 aliphatic carbocycles. The second kappa shape index (κ2) is 6.07. The Balaban J connectivity index is 1.65. The number of rotatable bonds is 3. The first-order chi connectivity index (χ1) is 12.5. The van der Waals surface area contributed by atoms with Gasteiger partial charge >= 0.3 is 0 Å². The van der Waals surface area contributed by atoms with Crippen LogP contribution < -0.4 is 10.9 Å². The average molecular weight is 348 g/mol. The van der Waals surface area contributed by atoms with Crippen molar-refractivity contribution in [2.24, 2.45) is 0 Å². The Bertz CT molecular complexity index is 1210. The highest BCUT2D eigenvalue weighted by Gasteiger charge is 2.13. The molecule has 0 aliphatic rings. The zero-order valence-electron chi connectivity index (χ0n) is 14.3. The Morgan fingerprint density at radius 1 is 1.08 bits per heavy atom. The van der Waals surface area contributed by atoms with Crippen LogP contribution in [0.25, 0.3) is 16.4 Å². The van der Waals surface area contributed by atoms with E-state index in [0.29, 0.717) is 28.2 Å². The smallest absolute Gasteiger partial charge is 0.275 e. The minimum atomic E-state index is -0.358. The Labute approximate surface area is 148 Å². The lowest BCUT2D eigenvalue weighted by Gasteiger charge is -2.09. The molecule has 1 N–H and O–H groups in total. The van der Waals surface area contributed by atoms with Crippen molar-refractivity contribution in [1.29, 1.82) is 0 Å². The van der Waals surface area contributed by atoms with Crippen molar-refractivity contribution < 1.29 is 4.79 Å². The monoisotopic (exact) mass is 348 g/mol. The van der Waals surface area contributed by atoms with E-state index in [2.05, 4.69) is 20.5 Å². The standard InChI is InChI=1S/C18H16N6O2/c1-11-13-6-3-4-7-14(13)18(26)24(21-11)10-16(25)20-15-8-5-9-23-17(15)19-12(2)22-23/h3-9H,10H2,1-2H3,(H,20,25). The van der Waals surface area contributed by atoms with Gasteiger partial charge in [-0.1, -0.05) is 18.2 Å². The lowest BCUT2D eigenvalue weighted by atomic mass is 10.1. The highest BCUT2D eigenvalue weighted by Crippen LogP contribution is 2.15. The van der Waals surface area contributed by atoms with Gasteiger partial charge in [-0.2, -0.15) is 10.2 Å². The number of hydrogen-bond acceptors (Lipinski definition) is 5. The SMILES string of the molecule is Cc1nc2c(NC(=O)Cn3nc(C)c4ccccc4c3=O)cccn2n1. The van der Waals surface area contributed by atoms with Crippen molar-refractivity contribution in [2.45, 2.75) is 20.4 Å². The highest BCUT2D eigenvalue weighted by atomic mass is 16.2. The largest absolute Gasteiger partial charge is 0.321 e. The number of fused-ring (bicyclic) bond motifs is 2. The predicted molar refractivity (Wildman–Crippen MR) is 97.1 cm³/mol. The maximum Gasteiger partial charge on any atom is 0.275 e. The van der Waals surface area contributed by atoms with Gasteiger partial charge in [-0.3, -0.25) is 9.59 Å². The van der Waals surface area contributed by atoms with Gasteiger partial charge in [-0.15, -0.1) is 0 Å². The molecule has 1 aromatic carbocycles. The summed E-state index contributed by atoms with van der Waals surface area (Å²) < 4.78 is 2.78. The van der Waals surface area contributed by atoms with E-state index in [0.717, 1.165) is 5.39 Å². The first kappa shape index (κ1) is 15.9. The van der Waals surface area contributed by atoms with E-state index in [1.54, 1.807) is 41.9 Å². The zero-order chi connectivity index (χ0) is 18.3. The molecule has 0 aliphatic heterocycles. The van der Waals surface area contributed by atoms with Gasteiger partial charge in [0.25, 0.3) is 5.56 Å². The topological polar surface area (TPSA) is 94.2 Å². The van der Waals surface area contributed by atoms with Crippen LogP contribution in [0.15, 0.2) is 47.4 Å². The first-order valence-electron chi connectivity index (χ1n) is 8.11. The normalized spacial score (nSPS) is 11.2. The van der Waals surface area contributed by atoms with Crippen LogP contribution in [0.1, 0.15) is 11.5 Å². The van der Waals surface area contributed by atoms with Crippen LogP contribution in [0, 0.1) is 13.8 Å². The fourth-order valence-corrected chi connectivity index (χ4v) is 2.95. The van der Waals surface area contributed by atoms with Crippen molar-refractivity contribution >= 4 is 28.0 Å². The lowest BCUT2D eigenvalue weighted by molar-refractivity contribution is -0.117. The molecule has 0 saturated heterocycles. The molecule has 0 fully saturated rings. The van der Waals surface area contributed by atoms with Gasteiger partial charge in [-0.05, 0) is 32.0 Å². The number of aromatic nitrogens is 5. The summed E-state index contributed by atoms with van der Waals surface area (Å²) in [6, 6.07) is 10.7. The second-order valence-electron chi connectivity index (χ2n) is 5.99. The molecule has 8 nitrogen and oxygen atoms in total. The van der Waals surface area contributed by atoms with Gasteiger partial charge in [0, 0.05) is 11.6 Å². The van der Waals surface area contributed by atoms with Crippen molar-refractivity contribution in [3.63, 3.8) is 0 Å². The number of nitrogens with zero attached hydrogens (tertiary/aromatic N) is 5. The Hall–Kier alpha value is -3.55. The van der Waals surface area contributed by atoms with E-state index in [4.69, 9.17) is 0 Å². The molecule has 0 atom stereocenters. The molecule has 8 heteroatoms. The van der Waals surface area contributed by atoms with Gasteiger partial charge in [0.05, 0.1) is 16.8 Å². The molecule has 0 bridgehead atoms. The minimum absolute atomic E-state index is 0.182. The number of amides is 1. The summed E-state index contributed by atoms with van der Waals surface area (Å²) in [6.07, 6.45) is 1.75. The third-order valence-corrected chi connectivity index (χ3v) is 4.09. The summed E-state index contributed by atoms with van der Waals surface area (Å²) in [5.74, 6) is 0.248. The van der Waals surface area contributed by atoms with Crippen LogP contribution >= 0.6 is 0 Å². The summed E-state index contributed by atoms with van der Waals surface area (Å²) in [6.45, 7) is 3.41.